The Kier molecular flexibility index (Phi) is 6.13. The Hall–Kier alpha value is -6.92. The Morgan fingerprint density at radius 1 is 0.538 bits per heavy atom. The summed E-state index contributed by atoms with van der Waals surface area (Å²) in [4.78, 5) is 12.7. The van der Waals surface area contributed by atoms with Gasteiger partial charge in [0.2, 0.25) is 0 Å². The minimum atomic E-state index is -0.236. The minimum Gasteiger partial charge on any atom is -0.452 e. The summed E-state index contributed by atoms with van der Waals surface area (Å²) >= 11 is 0. The van der Waals surface area contributed by atoms with Crippen LogP contribution in [0.1, 0.15) is 22.9 Å². The molecule has 0 aliphatic carbocycles. The van der Waals surface area contributed by atoms with Crippen LogP contribution in [0.15, 0.2) is 177 Å². The number of amidine groups is 2. The summed E-state index contributed by atoms with van der Waals surface area (Å²) < 4.78 is 15.7. The molecule has 10 aromatic rings. The molecule has 1 atom stereocenters. The van der Waals surface area contributed by atoms with Gasteiger partial charge in [-0.3, -0.25) is 0 Å². The molecule has 0 amide bonds. The number of rotatable bonds is 4. The van der Waals surface area contributed by atoms with E-state index in [0.29, 0.717) is 5.84 Å². The second-order valence-corrected chi connectivity index (χ2v) is 13.4. The van der Waals surface area contributed by atoms with Crippen molar-refractivity contribution < 1.29 is 8.83 Å². The molecule has 246 valence electrons. The Morgan fingerprint density at radius 3 is 1.88 bits per heavy atom. The van der Waals surface area contributed by atoms with E-state index in [4.69, 9.17) is 18.8 Å². The number of furan rings is 2. The minimum absolute atomic E-state index is 0.236. The number of aromatic nitrogens is 1. The van der Waals surface area contributed by atoms with Gasteiger partial charge >= 0.3 is 0 Å². The van der Waals surface area contributed by atoms with E-state index in [1.165, 1.54) is 0 Å². The lowest BCUT2D eigenvalue weighted by molar-refractivity contribution is 0.383. The molecule has 6 heteroatoms. The molecule has 0 spiro atoms. The van der Waals surface area contributed by atoms with Crippen LogP contribution < -0.4 is 0 Å². The molecule has 3 aromatic heterocycles. The number of nitrogens with zero attached hydrogens (tertiary/aromatic N) is 4. The van der Waals surface area contributed by atoms with Crippen LogP contribution >= 0.6 is 0 Å². The van der Waals surface area contributed by atoms with Gasteiger partial charge in [-0.25, -0.2) is 9.98 Å². The highest BCUT2D eigenvalue weighted by Crippen LogP contribution is 2.48. The fraction of sp³-hybridized carbons (Fsp3) is 0.0435. The van der Waals surface area contributed by atoms with Crippen LogP contribution in [0.2, 0.25) is 0 Å². The molecule has 0 radical (unpaired) electrons. The molecule has 52 heavy (non-hydrogen) atoms. The Labute approximate surface area is 298 Å². The molecule has 1 aliphatic heterocycles. The summed E-state index contributed by atoms with van der Waals surface area (Å²) in [7, 11) is 2.07. The zero-order valence-electron chi connectivity index (χ0n) is 28.2. The van der Waals surface area contributed by atoms with E-state index in [1.807, 2.05) is 36.4 Å². The van der Waals surface area contributed by atoms with Gasteiger partial charge in [0.15, 0.2) is 17.0 Å². The van der Waals surface area contributed by atoms with E-state index < -0.39 is 0 Å². The molecule has 11 rings (SSSR count). The van der Waals surface area contributed by atoms with Crippen LogP contribution in [-0.4, -0.2) is 28.2 Å². The Morgan fingerprint density at radius 2 is 1.13 bits per heavy atom. The number of benzene rings is 7. The molecule has 4 heterocycles. The van der Waals surface area contributed by atoms with Gasteiger partial charge in [0, 0.05) is 50.8 Å². The molecule has 0 fully saturated rings. The fourth-order valence-electron chi connectivity index (χ4n) is 8.12. The van der Waals surface area contributed by atoms with Gasteiger partial charge in [0.25, 0.3) is 0 Å². The molecular weight excluding hydrogens is 641 g/mol. The summed E-state index contributed by atoms with van der Waals surface area (Å²) in [6.45, 7) is 0. The van der Waals surface area contributed by atoms with Crippen molar-refractivity contribution in [2.24, 2.45) is 9.98 Å². The van der Waals surface area contributed by atoms with E-state index in [2.05, 4.69) is 138 Å². The van der Waals surface area contributed by atoms with Crippen molar-refractivity contribution in [2.75, 3.05) is 7.05 Å². The molecule has 0 bridgehead atoms. The lowest BCUT2D eigenvalue weighted by Gasteiger charge is -2.32. The van der Waals surface area contributed by atoms with Crippen LogP contribution in [0.25, 0.3) is 71.4 Å². The molecular formula is C46H30N4O2. The molecule has 0 saturated carbocycles. The zero-order chi connectivity index (χ0) is 34.3. The van der Waals surface area contributed by atoms with Crippen LogP contribution in [0, 0.1) is 0 Å². The molecule has 1 aliphatic rings. The number of hydrogen-bond donors (Lipinski definition) is 0. The lowest BCUT2D eigenvalue weighted by Crippen LogP contribution is -2.35. The van der Waals surface area contributed by atoms with Gasteiger partial charge in [-0.2, -0.15) is 0 Å². The van der Waals surface area contributed by atoms with Gasteiger partial charge in [0.1, 0.15) is 23.2 Å². The highest BCUT2D eigenvalue weighted by Gasteiger charge is 2.28. The number of fused-ring (bicyclic) bond motifs is 12. The van der Waals surface area contributed by atoms with Gasteiger partial charge in [-0.1, -0.05) is 127 Å². The number of aliphatic imine (C=N–C) groups is 2. The molecule has 1 unspecified atom stereocenters. The lowest BCUT2D eigenvalue weighted by atomic mass is 10.0. The number of para-hydroxylation sites is 3. The first-order valence-corrected chi connectivity index (χ1v) is 17.5. The van der Waals surface area contributed by atoms with E-state index in [-0.39, 0.29) is 6.17 Å². The first-order chi connectivity index (χ1) is 25.7. The summed E-state index contributed by atoms with van der Waals surface area (Å²) in [5.41, 5.74) is 9.47. The van der Waals surface area contributed by atoms with Gasteiger partial charge in [-0.05, 0) is 35.9 Å². The predicted octanol–water partition coefficient (Wildman–Crippen LogP) is 11.4. The second kappa shape index (κ2) is 11.0. The molecule has 7 aromatic carbocycles. The van der Waals surface area contributed by atoms with E-state index in [0.717, 1.165) is 93.9 Å². The third-order valence-corrected chi connectivity index (χ3v) is 10.4. The molecule has 0 saturated heterocycles. The fourth-order valence-corrected chi connectivity index (χ4v) is 8.12. The van der Waals surface area contributed by atoms with Crippen molar-refractivity contribution in [3.8, 4) is 5.69 Å². The third-order valence-electron chi connectivity index (χ3n) is 10.4. The second-order valence-electron chi connectivity index (χ2n) is 13.4. The maximum Gasteiger partial charge on any atom is 0.180 e. The van der Waals surface area contributed by atoms with Crippen LogP contribution in [0.4, 0.5) is 0 Å². The topological polar surface area (TPSA) is 59.2 Å². The highest BCUT2D eigenvalue weighted by atomic mass is 16.4. The monoisotopic (exact) mass is 670 g/mol. The van der Waals surface area contributed by atoms with Crippen LogP contribution in [0.3, 0.4) is 0 Å². The maximum absolute atomic E-state index is 6.68. The van der Waals surface area contributed by atoms with E-state index in [1.54, 1.807) is 0 Å². The average molecular weight is 671 g/mol. The van der Waals surface area contributed by atoms with E-state index >= 15 is 0 Å². The van der Waals surface area contributed by atoms with Gasteiger partial charge in [-0.15, -0.1) is 0 Å². The van der Waals surface area contributed by atoms with Crippen molar-refractivity contribution in [3.05, 3.63) is 174 Å². The number of hydrogen-bond acceptors (Lipinski definition) is 5. The SMILES string of the molecule is CN1C(c2ccccc2)=NC(c2cccc(-n3c4ccccc4c4c5c6ccccc6oc5c5oc6ccccc6c5c43)c2)=NC1c1ccccc1. The Bertz CT molecular complexity index is 3090. The smallest absolute Gasteiger partial charge is 0.180 e. The zero-order valence-corrected chi connectivity index (χ0v) is 28.2. The molecule has 6 nitrogen and oxygen atoms in total. The first kappa shape index (κ1) is 28.9. The summed E-state index contributed by atoms with van der Waals surface area (Å²) in [6, 6.07) is 54.6. The Balaban J connectivity index is 1.22. The van der Waals surface area contributed by atoms with Crippen molar-refractivity contribution in [2.45, 2.75) is 6.17 Å². The normalized spacial score (nSPS) is 15.0. The highest BCUT2D eigenvalue weighted by molar-refractivity contribution is 6.38. The largest absolute Gasteiger partial charge is 0.452 e. The average Bonchev–Trinajstić information content (AvgIpc) is 3.89. The van der Waals surface area contributed by atoms with Crippen LogP contribution in [-0.2, 0) is 0 Å². The van der Waals surface area contributed by atoms with Crippen molar-refractivity contribution in [3.63, 3.8) is 0 Å². The quantitative estimate of drug-likeness (QED) is 0.187. The predicted molar refractivity (Wildman–Crippen MR) is 212 cm³/mol. The van der Waals surface area contributed by atoms with Gasteiger partial charge in [0.05, 0.1) is 16.4 Å². The summed E-state index contributed by atoms with van der Waals surface area (Å²) in [5, 5.41) is 6.50. The van der Waals surface area contributed by atoms with Gasteiger partial charge < -0.3 is 18.3 Å². The molecule has 0 N–H and O–H groups in total. The summed E-state index contributed by atoms with van der Waals surface area (Å²) in [5.74, 6) is 1.57. The maximum atomic E-state index is 6.68. The summed E-state index contributed by atoms with van der Waals surface area (Å²) in [6.07, 6.45) is -0.236. The first-order valence-electron chi connectivity index (χ1n) is 17.5. The van der Waals surface area contributed by atoms with Crippen molar-refractivity contribution >= 4 is 77.4 Å². The van der Waals surface area contributed by atoms with Crippen molar-refractivity contribution in [1.29, 1.82) is 0 Å². The third kappa shape index (κ3) is 4.12. The standard InChI is InChI=1S/C46H30N4O2/c1-49-45(28-15-4-2-5-16-28)47-44(48-46(49)29-17-6-3-7-18-29)30-19-14-20-31(27-30)50-35-24-11-8-21-32(35)38-39-33-22-9-12-25-36(33)51-42(39)43-40(41(38)50)34-23-10-13-26-37(34)52-43/h2-27,45H,1H3. The van der Waals surface area contributed by atoms with E-state index in [9.17, 15) is 0 Å². The van der Waals surface area contributed by atoms with Crippen LogP contribution in [0.5, 0.6) is 0 Å². The van der Waals surface area contributed by atoms with Crippen molar-refractivity contribution in [1.82, 2.24) is 9.47 Å².